The van der Waals surface area contributed by atoms with Gasteiger partial charge >= 0.3 is 7.60 Å². The number of aromatic hydroxyl groups is 1. The van der Waals surface area contributed by atoms with Crippen molar-refractivity contribution in [3.63, 3.8) is 0 Å². The highest BCUT2D eigenvalue weighted by Crippen LogP contribution is 2.45. The van der Waals surface area contributed by atoms with Gasteiger partial charge in [0.05, 0.1) is 5.69 Å². The van der Waals surface area contributed by atoms with Gasteiger partial charge in [-0.25, -0.2) is 4.57 Å². The van der Waals surface area contributed by atoms with Crippen molar-refractivity contribution in [2.24, 2.45) is 0 Å². The number of hydrogen-bond acceptors (Lipinski definition) is 5. The number of phenolic OH excluding ortho intramolecular Hbond substituents is 1. The van der Waals surface area contributed by atoms with E-state index in [1.54, 1.807) is 43.6 Å². The number of nitrogens with one attached hydrogen (secondary N) is 1. The average molecular weight is 350 g/mol. The molecule has 0 aliphatic heterocycles. The Bertz CT molecular complexity index is 757. The number of phenols is 1. The summed E-state index contributed by atoms with van der Waals surface area (Å²) in [6.45, 7) is 7.59. The SMILES string of the molecule is Cc1cc(OP(=O)(O)CNc2cccnc2)cc(C(C)(C)C)c1O. The number of aryl methyl sites for hydroxylation is 1. The molecule has 1 atom stereocenters. The molecule has 0 amide bonds. The molecule has 2 rings (SSSR count). The van der Waals surface area contributed by atoms with Crippen molar-refractivity contribution in [1.29, 1.82) is 0 Å². The first kappa shape index (κ1) is 18.3. The summed E-state index contributed by atoms with van der Waals surface area (Å²) in [6.07, 6.45) is 2.93. The van der Waals surface area contributed by atoms with E-state index in [1.165, 1.54) is 0 Å². The van der Waals surface area contributed by atoms with Crippen molar-refractivity contribution < 1.29 is 19.1 Å². The lowest BCUT2D eigenvalue weighted by molar-refractivity contribution is 0.379. The van der Waals surface area contributed by atoms with E-state index in [-0.39, 0.29) is 23.2 Å². The molecule has 3 N–H and O–H groups in total. The average Bonchev–Trinajstić information content (AvgIpc) is 2.48. The number of hydrogen-bond donors (Lipinski definition) is 3. The summed E-state index contributed by atoms with van der Waals surface area (Å²) in [5.74, 6) is 0.435. The fourth-order valence-corrected chi connectivity index (χ4v) is 3.11. The molecule has 0 fully saturated rings. The van der Waals surface area contributed by atoms with E-state index >= 15 is 0 Å². The summed E-state index contributed by atoms with van der Waals surface area (Å²) in [5.41, 5.74) is 1.57. The monoisotopic (exact) mass is 350 g/mol. The van der Waals surface area contributed by atoms with Gasteiger partial charge in [-0.3, -0.25) is 4.98 Å². The molecule has 1 aromatic heterocycles. The number of benzene rings is 1. The minimum atomic E-state index is -3.91. The van der Waals surface area contributed by atoms with Crippen LogP contribution in [0.4, 0.5) is 5.69 Å². The smallest absolute Gasteiger partial charge is 0.395 e. The van der Waals surface area contributed by atoms with Gasteiger partial charge in [-0.15, -0.1) is 0 Å². The van der Waals surface area contributed by atoms with Gasteiger partial charge in [0.2, 0.25) is 0 Å². The minimum absolute atomic E-state index is 0.177. The Morgan fingerprint density at radius 2 is 2.04 bits per heavy atom. The number of nitrogens with zero attached hydrogens (tertiary/aromatic N) is 1. The molecule has 0 aliphatic carbocycles. The third-order valence-corrected chi connectivity index (χ3v) is 4.53. The van der Waals surface area contributed by atoms with Gasteiger partial charge in [0.25, 0.3) is 0 Å². The summed E-state index contributed by atoms with van der Waals surface area (Å²) < 4.78 is 17.6. The Hall–Kier alpha value is -2.04. The normalized spacial score (nSPS) is 14.0. The molecule has 6 nitrogen and oxygen atoms in total. The van der Waals surface area contributed by atoms with Crippen LogP contribution in [0.15, 0.2) is 36.7 Å². The number of aromatic nitrogens is 1. The van der Waals surface area contributed by atoms with Crippen LogP contribution in [0.5, 0.6) is 11.5 Å². The lowest BCUT2D eigenvalue weighted by Gasteiger charge is -2.23. The molecule has 0 saturated heterocycles. The van der Waals surface area contributed by atoms with Gasteiger partial charge in [-0.05, 0) is 42.2 Å². The summed E-state index contributed by atoms with van der Waals surface area (Å²) in [5, 5.41) is 13.0. The summed E-state index contributed by atoms with van der Waals surface area (Å²) in [4.78, 5) is 14.0. The Balaban J connectivity index is 2.17. The van der Waals surface area contributed by atoms with E-state index < -0.39 is 7.60 Å². The first-order chi connectivity index (χ1) is 11.1. The minimum Gasteiger partial charge on any atom is -0.507 e. The zero-order chi connectivity index (χ0) is 18.0. The second-order valence-electron chi connectivity index (χ2n) is 6.69. The molecule has 0 aliphatic rings. The van der Waals surface area contributed by atoms with E-state index in [9.17, 15) is 14.6 Å². The standard InChI is InChI=1S/C17H23N2O4P/c1-12-8-14(9-15(16(12)20)17(2,3)4)23-24(21,22)11-19-13-6-5-7-18-10-13/h5-10,19-20H,11H2,1-4H3,(H,21,22). The highest BCUT2D eigenvalue weighted by atomic mass is 31.2. The zero-order valence-corrected chi connectivity index (χ0v) is 15.2. The van der Waals surface area contributed by atoms with Crippen LogP contribution in [0.2, 0.25) is 0 Å². The van der Waals surface area contributed by atoms with Crippen LogP contribution in [0, 0.1) is 6.92 Å². The number of pyridine rings is 1. The zero-order valence-electron chi connectivity index (χ0n) is 14.3. The first-order valence-corrected chi connectivity index (χ1v) is 9.34. The Kier molecular flexibility index (Phi) is 5.21. The molecule has 1 aromatic carbocycles. The van der Waals surface area contributed by atoms with Crippen LogP contribution in [0.3, 0.4) is 0 Å². The van der Waals surface area contributed by atoms with Crippen molar-refractivity contribution in [3.05, 3.63) is 47.8 Å². The van der Waals surface area contributed by atoms with E-state index in [4.69, 9.17) is 4.52 Å². The molecule has 1 heterocycles. The molecule has 0 saturated carbocycles. The van der Waals surface area contributed by atoms with Crippen molar-refractivity contribution in [2.45, 2.75) is 33.1 Å². The van der Waals surface area contributed by atoms with Gasteiger partial charge in [-0.2, -0.15) is 0 Å². The molecule has 0 bridgehead atoms. The Morgan fingerprint density at radius 1 is 1.33 bits per heavy atom. The molecule has 130 valence electrons. The largest absolute Gasteiger partial charge is 0.507 e. The highest BCUT2D eigenvalue weighted by molar-refractivity contribution is 7.53. The van der Waals surface area contributed by atoms with Crippen LogP contribution in [-0.2, 0) is 9.98 Å². The van der Waals surface area contributed by atoms with Crippen molar-refractivity contribution in [3.8, 4) is 11.5 Å². The Labute approximate surface area is 142 Å². The predicted molar refractivity (Wildman–Crippen MR) is 94.7 cm³/mol. The van der Waals surface area contributed by atoms with Crippen LogP contribution in [0.25, 0.3) is 0 Å². The molecule has 1 unspecified atom stereocenters. The number of anilines is 1. The maximum atomic E-state index is 12.3. The summed E-state index contributed by atoms with van der Waals surface area (Å²) >= 11 is 0. The van der Waals surface area contributed by atoms with Crippen LogP contribution < -0.4 is 9.84 Å². The van der Waals surface area contributed by atoms with Gasteiger partial charge < -0.3 is 19.8 Å². The van der Waals surface area contributed by atoms with Crippen molar-refractivity contribution in [2.75, 3.05) is 11.6 Å². The molecule has 2 aromatic rings. The predicted octanol–water partition coefficient (Wildman–Crippen LogP) is 4.03. The van der Waals surface area contributed by atoms with Gasteiger partial charge in [0, 0.05) is 18.0 Å². The fourth-order valence-electron chi connectivity index (χ4n) is 2.23. The fraction of sp³-hybridized carbons (Fsp3) is 0.353. The topological polar surface area (TPSA) is 91.7 Å². The van der Waals surface area contributed by atoms with Crippen molar-refractivity contribution >= 4 is 13.3 Å². The summed E-state index contributed by atoms with van der Waals surface area (Å²) in [6, 6.07) is 6.63. The van der Waals surface area contributed by atoms with Gasteiger partial charge in [0.15, 0.2) is 0 Å². The molecule has 0 spiro atoms. The number of rotatable bonds is 5. The van der Waals surface area contributed by atoms with Gasteiger partial charge in [0.1, 0.15) is 17.8 Å². The lowest BCUT2D eigenvalue weighted by Crippen LogP contribution is -2.12. The summed E-state index contributed by atoms with van der Waals surface area (Å²) in [7, 11) is -3.91. The molecule has 7 heteroatoms. The van der Waals surface area contributed by atoms with E-state index in [0.717, 1.165) is 0 Å². The van der Waals surface area contributed by atoms with E-state index in [1.807, 2.05) is 20.8 Å². The third kappa shape index (κ3) is 4.73. The molecular formula is C17H23N2O4P. The second kappa shape index (κ2) is 6.83. The van der Waals surface area contributed by atoms with E-state index in [0.29, 0.717) is 16.8 Å². The Morgan fingerprint density at radius 3 is 2.62 bits per heavy atom. The van der Waals surface area contributed by atoms with E-state index in [2.05, 4.69) is 10.3 Å². The first-order valence-electron chi connectivity index (χ1n) is 7.58. The third-order valence-electron chi connectivity index (χ3n) is 3.47. The maximum absolute atomic E-state index is 12.3. The van der Waals surface area contributed by atoms with Gasteiger partial charge in [-0.1, -0.05) is 20.8 Å². The van der Waals surface area contributed by atoms with Crippen LogP contribution in [-0.4, -0.2) is 21.3 Å². The highest BCUT2D eigenvalue weighted by Gasteiger charge is 2.25. The molecule has 24 heavy (non-hydrogen) atoms. The van der Waals surface area contributed by atoms with Crippen LogP contribution in [0.1, 0.15) is 31.9 Å². The van der Waals surface area contributed by atoms with Crippen LogP contribution >= 0.6 is 7.60 Å². The molecular weight excluding hydrogens is 327 g/mol. The maximum Gasteiger partial charge on any atom is 0.395 e. The van der Waals surface area contributed by atoms with Crippen molar-refractivity contribution in [1.82, 2.24) is 4.98 Å². The second-order valence-corrected chi connectivity index (χ2v) is 8.47. The molecule has 0 radical (unpaired) electrons. The quantitative estimate of drug-likeness (QED) is 0.705. The lowest BCUT2D eigenvalue weighted by atomic mass is 9.85.